The zero-order valence-corrected chi connectivity index (χ0v) is 7.06. The highest BCUT2D eigenvalue weighted by atomic mass is 19.1. The van der Waals surface area contributed by atoms with Gasteiger partial charge in [0, 0.05) is 12.1 Å². The van der Waals surface area contributed by atoms with E-state index in [1.807, 2.05) is 6.08 Å². The van der Waals surface area contributed by atoms with Gasteiger partial charge in [0.1, 0.15) is 5.83 Å². The van der Waals surface area contributed by atoms with Crippen LogP contribution in [0, 0.1) is 0 Å². The minimum absolute atomic E-state index is 0.157. The van der Waals surface area contributed by atoms with Crippen LogP contribution in [0.2, 0.25) is 0 Å². The zero-order chi connectivity index (χ0) is 8.97. The van der Waals surface area contributed by atoms with Gasteiger partial charge in [0.15, 0.2) is 0 Å². The van der Waals surface area contributed by atoms with Crippen molar-refractivity contribution in [1.82, 2.24) is 5.32 Å². The number of hydrogen-bond acceptors (Lipinski definition) is 1. The average Bonchev–Trinajstić information content (AvgIpc) is 2.08. The fourth-order valence-electron chi connectivity index (χ4n) is 1.24. The van der Waals surface area contributed by atoms with Gasteiger partial charge in [-0.2, -0.15) is 0 Å². The van der Waals surface area contributed by atoms with E-state index in [1.54, 1.807) is 6.92 Å². The van der Waals surface area contributed by atoms with Gasteiger partial charge in [0.05, 0.1) is 0 Å². The number of halogens is 1. The molecule has 0 spiro atoms. The van der Waals surface area contributed by atoms with Crippen LogP contribution >= 0.6 is 0 Å². The van der Waals surface area contributed by atoms with E-state index in [2.05, 4.69) is 5.32 Å². The third kappa shape index (κ3) is 1.94. The molecule has 66 valence electrons. The first-order chi connectivity index (χ1) is 5.75. The third-order valence-electron chi connectivity index (χ3n) is 1.94. The van der Waals surface area contributed by atoms with Crippen LogP contribution in [0.5, 0.6) is 0 Å². The number of carbonyl (C=O) groups is 1. The highest BCUT2D eigenvalue weighted by molar-refractivity contribution is 5.48. The van der Waals surface area contributed by atoms with Crippen molar-refractivity contribution in [3.63, 3.8) is 0 Å². The van der Waals surface area contributed by atoms with E-state index in [0.29, 0.717) is 18.5 Å². The second-order valence-electron chi connectivity index (χ2n) is 2.86. The molecule has 0 saturated carbocycles. The van der Waals surface area contributed by atoms with E-state index in [4.69, 9.17) is 0 Å². The van der Waals surface area contributed by atoms with Crippen LogP contribution in [0.3, 0.4) is 0 Å². The fraction of sp³-hybridized carbons (Fsp3) is 0.444. The molecular weight excluding hydrogens is 157 g/mol. The Bertz CT molecular complexity index is 243. The molecule has 1 aliphatic carbocycles. The predicted octanol–water partition coefficient (Wildman–Crippen LogP) is 1.70. The lowest BCUT2D eigenvalue weighted by Crippen LogP contribution is -2.16. The van der Waals surface area contributed by atoms with E-state index >= 15 is 0 Å². The molecule has 1 aliphatic rings. The lowest BCUT2D eigenvalue weighted by molar-refractivity contribution is -0.109. The molecule has 2 nitrogen and oxygen atoms in total. The Morgan fingerprint density at radius 3 is 3.17 bits per heavy atom. The van der Waals surface area contributed by atoms with Gasteiger partial charge in [-0.15, -0.1) is 0 Å². The molecule has 12 heavy (non-hydrogen) atoms. The van der Waals surface area contributed by atoms with Gasteiger partial charge in [-0.1, -0.05) is 6.08 Å². The summed E-state index contributed by atoms with van der Waals surface area (Å²) in [5.74, 6) is -0.157. The van der Waals surface area contributed by atoms with Gasteiger partial charge in [-0.25, -0.2) is 4.39 Å². The molecule has 0 saturated heterocycles. The zero-order valence-electron chi connectivity index (χ0n) is 7.06. The molecule has 0 aliphatic heterocycles. The topological polar surface area (TPSA) is 29.1 Å². The van der Waals surface area contributed by atoms with Crippen molar-refractivity contribution in [2.75, 3.05) is 6.54 Å². The van der Waals surface area contributed by atoms with Crippen LogP contribution in [0.15, 0.2) is 23.0 Å². The second kappa shape index (κ2) is 4.04. The minimum Gasteiger partial charge on any atom is -0.355 e. The fourth-order valence-corrected chi connectivity index (χ4v) is 1.24. The van der Waals surface area contributed by atoms with E-state index in [1.165, 1.54) is 0 Å². The summed E-state index contributed by atoms with van der Waals surface area (Å²) in [5, 5.41) is 2.45. The summed E-state index contributed by atoms with van der Waals surface area (Å²) < 4.78 is 13.2. The van der Waals surface area contributed by atoms with Gasteiger partial charge in [-0.05, 0) is 25.3 Å². The normalized spacial score (nSPS) is 17.3. The number of carbonyl (C=O) groups excluding carboxylic acids is 1. The molecule has 0 aromatic heterocycles. The lowest BCUT2D eigenvalue weighted by Gasteiger charge is -2.12. The second-order valence-corrected chi connectivity index (χ2v) is 2.86. The molecule has 1 N–H and O–H groups in total. The van der Waals surface area contributed by atoms with E-state index in [9.17, 15) is 9.18 Å². The van der Waals surface area contributed by atoms with Crippen molar-refractivity contribution in [3.8, 4) is 0 Å². The van der Waals surface area contributed by atoms with Crippen LogP contribution in [-0.2, 0) is 4.79 Å². The van der Waals surface area contributed by atoms with Crippen molar-refractivity contribution in [3.05, 3.63) is 23.0 Å². The summed E-state index contributed by atoms with van der Waals surface area (Å²) in [6, 6.07) is 0. The largest absolute Gasteiger partial charge is 0.355 e. The number of rotatable bonds is 3. The SMILES string of the molecule is CC1=C(F)C(CNC=O)=CCC1. The molecule has 0 bridgehead atoms. The molecule has 0 unspecified atom stereocenters. The van der Waals surface area contributed by atoms with Gasteiger partial charge in [0.25, 0.3) is 0 Å². The predicted molar refractivity (Wildman–Crippen MR) is 45.2 cm³/mol. The number of nitrogens with one attached hydrogen (secondary N) is 1. The maximum atomic E-state index is 13.2. The molecular formula is C9H12FNO. The summed E-state index contributed by atoms with van der Waals surface area (Å²) in [5.41, 5.74) is 1.38. The van der Waals surface area contributed by atoms with E-state index in [0.717, 1.165) is 18.4 Å². The smallest absolute Gasteiger partial charge is 0.207 e. The number of amides is 1. The number of hydrogen-bond donors (Lipinski definition) is 1. The summed E-state index contributed by atoms with van der Waals surface area (Å²) in [6.07, 6.45) is 4.07. The minimum atomic E-state index is -0.157. The maximum absolute atomic E-state index is 13.2. The van der Waals surface area contributed by atoms with Gasteiger partial charge < -0.3 is 5.32 Å². The van der Waals surface area contributed by atoms with Gasteiger partial charge in [0.2, 0.25) is 6.41 Å². The summed E-state index contributed by atoms with van der Waals surface area (Å²) in [4.78, 5) is 9.96. The van der Waals surface area contributed by atoms with Crippen LogP contribution < -0.4 is 5.32 Å². The van der Waals surface area contributed by atoms with Crippen LogP contribution in [-0.4, -0.2) is 13.0 Å². The Kier molecular flexibility index (Phi) is 3.02. The van der Waals surface area contributed by atoms with Crippen LogP contribution in [0.1, 0.15) is 19.8 Å². The summed E-state index contributed by atoms with van der Waals surface area (Å²) in [6.45, 7) is 2.08. The molecule has 0 aromatic carbocycles. The Morgan fingerprint density at radius 2 is 2.50 bits per heavy atom. The standard InChI is InChI=1S/C9H12FNO/c1-7-3-2-4-8(9(7)10)5-11-6-12/h4,6H,2-3,5H2,1H3,(H,11,12). The maximum Gasteiger partial charge on any atom is 0.207 e. The molecule has 0 aromatic rings. The monoisotopic (exact) mass is 169 g/mol. The summed E-state index contributed by atoms with van der Waals surface area (Å²) in [7, 11) is 0. The van der Waals surface area contributed by atoms with E-state index < -0.39 is 0 Å². The average molecular weight is 169 g/mol. The Balaban J connectivity index is 2.64. The molecule has 3 heteroatoms. The quantitative estimate of drug-likeness (QED) is 0.640. The molecule has 0 fully saturated rings. The first-order valence-corrected chi connectivity index (χ1v) is 3.97. The van der Waals surface area contributed by atoms with Crippen LogP contribution in [0.4, 0.5) is 4.39 Å². The van der Waals surface area contributed by atoms with Crippen LogP contribution in [0.25, 0.3) is 0 Å². The first kappa shape index (κ1) is 8.97. The van der Waals surface area contributed by atoms with Crippen molar-refractivity contribution >= 4 is 6.41 Å². The van der Waals surface area contributed by atoms with E-state index in [-0.39, 0.29) is 5.83 Å². The molecule has 0 heterocycles. The highest BCUT2D eigenvalue weighted by Gasteiger charge is 2.11. The van der Waals surface area contributed by atoms with Gasteiger partial charge in [-0.3, -0.25) is 4.79 Å². The third-order valence-corrected chi connectivity index (χ3v) is 1.94. The van der Waals surface area contributed by atoms with Crippen molar-refractivity contribution < 1.29 is 9.18 Å². The molecule has 0 atom stereocenters. The van der Waals surface area contributed by atoms with Gasteiger partial charge >= 0.3 is 0 Å². The van der Waals surface area contributed by atoms with Crippen molar-refractivity contribution in [2.45, 2.75) is 19.8 Å². The Labute approximate surface area is 71.2 Å². The molecule has 0 radical (unpaired) electrons. The molecule has 1 rings (SSSR count). The van der Waals surface area contributed by atoms with Crippen molar-refractivity contribution in [1.29, 1.82) is 0 Å². The Morgan fingerprint density at radius 1 is 1.75 bits per heavy atom. The molecule has 1 amide bonds. The number of allylic oxidation sites excluding steroid dienone is 2. The highest BCUT2D eigenvalue weighted by Crippen LogP contribution is 2.25. The lowest BCUT2D eigenvalue weighted by atomic mass is 9.99. The Hall–Kier alpha value is -1.12. The first-order valence-electron chi connectivity index (χ1n) is 3.97. The summed E-state index contributed by atoms with van der Waals surface area (Å²) >= 11 is 0. The van der Waals surface area contributed by atoms with Crippen molar-refractivity contribution in [2.24, 2.45) is 0 Å².